The molecule has 0 aliphatic heterocycles. The Balaban J connectivity index is 3.08. The van der Waals surface area contributed by atoms with Gasteiger partial charge in [-0.3, -0.25) is 4.79 Å². The first-order chi connectivity index (χ1) is 7.63. The molecule has 0 amide bonds. The number of carbonyl (C=O) groups excluding carboxylic acids is 1. The smallest absolute Gasteiger partial charge is 0.150 e. The van der Waals surface area contributed by atoms with Gasteiger partial charge in [-0.2, -0.15) is 0 Å². The number of hydrogen-bond donors (Lipinski definition) is 3. The first-order valence-corrected chi connectivity index (χ1v) is 4.83. The minimum atomic E-state index is -1.17. The number of benzene rings is 1. The second-order valence-corrected chi connectivity index (χ2v) is 3.36. The lowest BCUT2D eigenvalue weighted by molar-refractivity contribution is 0.0239. The van der Waals surface area contributed by atoms with E-state index < -0.39 is 12.2 Å². The first-order valence-electron chi connectivity index (χ1n) is 4.83. The fraction of sp³-hybridized carbons (Fsp3) is 0.364. The van der Waals surface area contributed by atoms with Crippen LogP contribution in [0.3, 0.4) is 0 Å². The molecule has 0 aliphatic rings. The molecule has 0 saturated carbocycles. The summed E-state index contributed by atoms with van der Waals surface area (Å²) >= 11 is 0. The summed E-state index contributed by atoms with van der Waals surface area (Å²) in [6, 6.07) is 4.63. The van der Waals surface area contributed by atoms with Crippen molar-refractivity contribution in [2.45, 2.75) is 12.2 Å². The lowest BCUT2D eigenvalue weighted by atomic mass is 9.99. The molecule has 0 aliphatic carbocycles. The molecule has 4 N–H and O–H groups in total. The van der Waals surface area contributed by atoms with E-state index in [-0.39, 0.29) is 12.1 Å². The maximum absolute atomic E-state index is 10.8. The maximum atomic E-state index is 10.8. The highest BCUT2D eigenvalue weighted by Crippen LogP contribution is 2.23. The van der Waals surface area contributed by atoms with Crippen molar-refractivity contribution in [2.24, 2.45) is 5.73 Å². The molecular formula is C11H15NO4. The molecule has 0 heterocycles. The summed E-state index contributed by atoms with van der Waals surface area (Å²) in [6.45, 7) is -0.0779. The molecule has 2 atom stereocenters. The zero-order valence-corrected chi connectivity index (χ0v) is 8.96. The molecule has 1 aromatic carbocycles. The normalized spacial score (nSPS) is 14.2. The third-order valence-electron chi connectivity index (χ3n) is 2.35. The standard InChI is InChI=1S/C11H15NO4/c1-16-8-2-3-9(7(4-8)6-13)11(15)10(14)5-12/h2-4,6,10-11,14-15H,5,12H2,1H3. The van der Waals surface area contributed by atoms with Gasteiger partial charge in [0.05, 0.1) is 13.2 Å². The van der Waals surface area contributed by atoms with Crippen molar-refractivity contribution in [3.8, 4) is 5.75 Å². The maximum Gasteiger partial charge on any atom is 0.150 e. The van der Waals surface area contributed by atoms with Crippen LogP contribution in [0.5, 0.6) is 5.75 Å². The zero-order valence-electron chi connectivity index (χ0n) is 8.96. The predicted molar refractivity (Wildman–Crippen MR) is 58.4 cm³/mol. The summed E-state index contributed by atoms with van der Waals surface area (Å²) in [5.41, 5.74) is 5.85. The van der Waals surface area contributed by atoms with Crippen LogP contribution in [0.15, 0.2) is 18.2 Å². The number of rotatable bonds is 5. The molecule has 1 aromatic rings. The molecule has 88 valence electrons. The van der Waals surface area contributed by atoms with Crippen LogP contribution in [0.25, 0.3) is 0 Å². The fourth-order valence-corrected chi connectivity index (χ4v) is 1.39. The molecule has 5 heteroatoms. The Morgan fingerprint density at radius 2 is 2.19 bits per heavy atom. The van der Waals surface area contributed by atoms with Crippen LogP contribution in [0.4, 0.5) is 0 Å². The monoisotopic (exact) mass is 225 g/mol. The van der Waals surface area contributed by atoms with Gasteiger partial charge < -0.3 is 20.7 Å². The lowest BCUT2D eigenvalue weighted by Gasteiger charge is -2.18. The summed E-state index contributed by atoms with van der Waals surface area (Å²) in [7, 11) is 1.48. The molecule has 0 radical (unpaired) electrons. The van der Waals surface area contributed by atoms with Crippen molar-refractivity contribution in [1.29, 1.82) is 0 Å². The Morgan fingerprint density at radius 1 is 1.50 bits per heavy atom. The number of carbonyl (C=O) groups is 1. The summed E-state index contributed by atoms with van der Waals surface area (Å²) in [5, 5.41) is 19.1. The van der Waals surface area contributed by atoms with Crippen LogP contribution in [0.1, 0.15) is 22.0 Å². The van der Waals surface area contributed by atoms with Gasteiger partial charge >= 0.3 is 0 Å². The molecule has 2 unspecified atom stereocenters. The molecule has 0 saturated heterocycles. The molecule has 0 bridgehead atoms. The van der Waals surface area contributed by atoms with Gasteiger partial charge in [0.25, 0.3) is 0 Å². The van der Waals surface area contributed by atoms with Crippen LogP contribution in [-0.2, 0) is 0 Å². The molecule has 0 fully saturated rings. The van der Waals surface area contributed by atoms with Gasteiger partial charge in [-0.05, 0) is 17.7 Å². The van der Waals surface area contributed by atoms with E-state index >= 15 is 0 Å². The van der Waals surface area contributed by atoms with Gasteiger partial charge in [0, 0.05) is 12.1 Å². The van der Waals surface area contributed by atoms with Crippen LogP contribution in [0.2, 0.25) is 0 Å². The third-order valence-corrected chi connectivity index (χ3v) is 2.35. The molecule has 5 nitrogen and oxygen atoms in total. The molecule has 16 heavy (non-hydrogen) atoms. The van der Waals surface area contributed by atoms with E-state index in [0.29, 0.717) is 17.6 Å². The van der Waals surface area contributed by atoms with Crippen LogP contribution in [0, 0.1) is 0 Å². The molecule has 1 rings (SSSR count). The van der Waals surface area contributed by atoms with Gasteiger partial charge in [-0.15, -0.1) is 0 Å². The first kappa shape index (κ1) is 12.6. The Morgan fingerprint density at radius 3 is 2.69 bits per heavy atom. The summed E-state index contributed by atoms with van der Waals surface area (Å²) in [5.74, 6) is 0.514. The number of ether oxygens (including phenoxy) is 1. The van der Waals surface area contributed by atoms with E-state index in [4.69, 9.17) is 10.5 Å². The Hall–Kier alpha value is -1.43. The highest BCUT2D eigenvalue weighted by Gasteiger charge is 2.20. The van der Waals surface area contributed by atoms with Crippen LogP contribution >= 0.6 is 0 Å². The average molecular weight is 225 g/mol. The van der Waals surface area contributed by atoms with Gasteiger partial charge in [-0.25, -0.2) is 0 Å². The van der Waals surface area contributed by atoms with Gasteiger partial charge in [0.1, 0.15) is 11.9 Å². The average Bonchev–Trinajstić information content (AvgIpc) is 2.35. The van der Waals surface area contributed by atoms with Crippen molar-refractivity contribution in [3.63, 3.8) is 0 Å². The van der Waals surface area contributed by atoms with E-state index in [1.165, 1.54) is 19.2 Å². The van der Waals surface area contributed by atoms with E-state index in [9.17, 15) is 15.0 Å². The van der Waals surface area contributed by atoms with Crippen LogP contribution in [-0.4, -0.2) is 36.3 Å². The topological polar surface area (TPSA) is 92.8 Å². The van der Waals surface area contributed by atoms with Crippen molar-refractivity contribution in [3.05, 3.63) is 29.3 Å². The van der Waals surface area contributed by atoms with Gasteiger partial charge in [0.2, 0.25) is 0 Å². The lowest BCUT2D eigenvalue weighted by Crippen LogP contribution is -2.27. The van der Waals surface area contributed by atoms with Gasteiger partial charge in [0.15, 0.2) is 6.29 Å². The van der Waals surface area contributed by atoms with E-state index in [2.05, 4.69) is 0 Å². The summed E-state index contributed by atoms with van der Waals surface area (Å²) in [6.07, 6.45) is -1.66. The predicted octanol–water partition coefficient (Wildman–Crippen LogP) is -0.139. The third kappa shape index (κ3) is 2.57. The van der Waals surface area contributed by atoms with Crippen LogP contribution < -0.4 is 10.5 Å². The Labute approximate surface area is 93.5 Å². The second kappa shape index (κ2) is 5.60. The highest BCUT2D eigenvalue weighted by atomic mass is 16.5. The Kier molecular flexibility index (Phi) is 4.42. The number of aliphatic hydroxyl groups is 2. The number of aldehydes is 1. The largest absolute Gasteiger partial charge is 0.497 e. The fourth-order valence-electron chi connectivity index (χ4n) is 1.39. The number of methoxy groups -OCH3 is 1. The zero-order chi connectivity index (χ0) is 12.1. The van der Waals surface area contributed by atoms with Crippen molar-refractivity contribution in [2.75, 3.05) is 13.7 Å². The van der Waals surface area contributed by atoms with Crippen molar-refractivity contribution >= 4 is 6.29 Å². The van der Waals surface area contributed by atoms with E-state index in [1.54, 1.807) is 6.07 Å². The molecule has 0 aromatic heterocycles. The SMILES string of the molecule is COc1ccc(C(O)C(O)CN)c(C=O)c1. The summed E-state index contributed by atoms with van der Waals surface area (Å²) in [4.78, 5) is 10.8. The van der Waals surface area contributed by atoms with E-state index in [0.717, 1.165) is 0 Å². The minimum absolute atomic E-state index is 0.0779. The molecular weight excluding hydrogens is 210 g/mol. The number of hydrogen-bond acceptors (Lipinski definition) is 5. The number of nitrogens with two attached hydrogens (primary N) is 1. The second-order valence-electron chi connectivity index (χ2n) is 3.36. The van der Waals surface area contributed by atoms with Gasteiger partial charge in [-0.1, -0.05) is 6.07 Å². The quantitative estimate of drug-likeness (QED) is 0.606. The Bertz CT molecular complexity index is 367. The molecule has 0 spiro atoms. The van der Waals surface area contributed by atoms with E-state index in [1.807, 2.05) is 0 Å². The number of aliphatic hydroxyl groups excluding tert-OH is 2. The highest BCUT2D eigenvalue weighted by molar-refractivity contribution is 5.78. The minimum Gasteiger partial charge on any atom is -0.497 e. The van der Waals surface area contributed by atoms with Crippen molar-refractivity contribution < 1.29 is 19.7 Å². The van der Waals surface area contributed by atoms with Crippen molar-refractivity contribution in [1.82, 2.24) is 0 Å². The summed E-state index contributed by atoms with van der Waals surface area (Å²) < 4.78 is 4.95.